The summed E-state index contributed by atoms with van der Waals surface area (Å²) < 4.78 is 16.7. The van der Waals surface area contributed by atoms with Gasteiger partial charge in [0.2, 0.25) is 0 Å². The first-order valence-electron chi connectivity index (χ1n) is 24.5. The minimum atomic E-state index is -0.772. The summed E-state index contributed by atoms with van der Waals surface area (Å²) in [6.45, 7) is 6.51. The van der Waals surface area contributed by atoms with Crippen LogP contribution in [0.15, 0.2) is 36.5 Å². The normalized spacial score (nSPS) is 12.3. The molecule has 0 aliphatic carbocycles. The maximum Gasteiger partial charge on any atom is 0.306 e. The summed E-state index contributed by atoms with van der Waals surface area (Å²) >= 11 is 0. The number of esters is 3. The molecule has 0 radical (unpaired) electrons. The lowest BCUT2D eigenvalue weighted by Crippen LogP contribution is -2.30. The van der Waals surface area contributed by atoms with Gasteiger partial charge in [0.05, 0.1) is 0 Å². The molecule has 0 aromatic heterocycles. The van der Waals surface area contributed by atoms with E-state index in [-0.39, 0.29) is 31.1 Å². The van der Waals surface area contributed by atoms with Crippen molar-refractivity contribution in [2.24, 2.45) is 0 Å². The van der Waals surface area contributed by atoms with Crippen LogP contribution in [-0.2, 0) is 28.6 Å². The second kappa shape index (κ2) is 46.3. The summed E-state index contributed by atoms with van der Waals surface area (Å²) in [6.07, 6.45) is 52.7. The Morgan fingerprint density at radius 2 is 0.684 bits per heavy atom. The SMILES string of the molecule is CC/C=C\C/C=C\C/C=C\CCCCCCCC(=O)OC[C@@H](COC(=O)CCCCCCCCCCCC)OC(=O)CCCCCCCCCCCCCCCC. The number of rotatable bonds is 44. The van der Waals surface area contributed by atoms with E-state index in [0.29, 0.717) is 19.3 Å². The third-order valence-electron chi connectivity index (χ3n) is 10.7. The van der Waals surface area contributed by atoms with Crippen molar-refractivity contribution in [1.82, 2.24) is 0 Å². The molecule has 0 heterocycles. The minimum absolute atomic E-state index is 0.0740. The second-order valence-corrected chi connectivity index (χ2v) is 16.4. The topological polar surface area (TPSA) is 78.9 Å². The van der Waals surface area contributed by atoms with Crippen LogP contribution in [0, 0.1) is 0 Å². The molecule has 0 aliphatic heterocycles. The number of allylic oxidation sites excluding steroid dienone is 6. The molecule has 0 amide bonds. The number of hydrogen-bond acceptors (Lipinski definition) is 6. The molecule has 0 aliphatic rings. The van der Waals surface area contributed by atoms with E-state index in [1.807, 2.05) is 0 Å². The third-order valence-corrected chi connectivity index (χ3v) is 10.7. The van der Waals surface area contributed by atoms with Crippen molar-refractivity contribution >= 4 is 17.9 Å². The molecule has 6 nitrogen and oxygen atoms in total. The van der Waals surface area contributed by atoms with Gasteiger partial charge in [-0.25, -0.2) is 0 Å². The van der Waals surface area contributed by atoms with Crippen molar-refractivity contribution in [3.63, 3.8) is 0 Å². The molecular formula is C51H92O6. The molecule has 57 heavy (non-hydrogen) atoms. The highest BCUT2D eigenvalue weighted by atomic mass is 16.6. The van der Waals surface area contributed by atoms with Gasteiger partial charge in [-0.3, -0.25) is 14.4 Å². The Morgan fingerprint density at radius 3 is 1.07 bits per heavy atom. The molecule has 1 atom stereocenters. The van der Waals surface area contributed by atoms with Gasteiger partial charge in [0.15, 0.2) is 6.10 Å². The van der Waals surface area contributed by atoms with Crippen LogP contribution in [0.5, 0.6) is 0 Å². The maximum absolute atomic E-state index is 12.7. The standard InChI is InChI=1S/C51H92O6/c1-4-7-10-13-16-19-22-24-26-28-29-32-35-38-41-44-50(53)56-47-48(46-55-49(52)43-40-37-34-31-21-18-15-12-9-6-3)57-51(54)45-42-39-36-33-30-27-25-23-20-17-14-11-8-5-2/h7,10,16,19,24,26,48H,4-6,8-9,11-15,17-18,20-23,25,27-47H2,1-3H3/b10-7-,19-16-,26-24-/t48-/m1/s1. The first-order chi connectivity index (χ1) is 28.0. The first kappa shape index (κ1) is 54.6. The maximum atomic E-state index is 12.7. The second-order valence-electron chi connectivity index (χ2n) is 16.4. The lowest BCUT2D eigenvalue weighted by molar-refractivity contribution is -0.167. The lowest BCUT2D eigenvalue weighted by Gasteiger charge is -2.18. The van der Waals surface area contributed by atoms with Gasteiger partial charge in [0.1, 0.15) is 13.2 Å². The van der Waals surface area contributed by atoms with Gasteiger partial charge in [-0.05, 0) is 51.4 Å². The summed E-state index contributed by atoms with van der Waals surface area (Å²) in [5.74, 6) is -0.885. The van der Waals surface area contributed by atoms with Crippen molar-refractivity contribution < 1.29 is 28.6 Å². The summed E-state index contributed by atoms with van der Waals surface area (Å²) in [6, 6.07) is 0. The molecule has 0 saturated carbocycles. The largest absolute Gasteiger partial charge is 0.462 e. The molecule has 0 N–H and O–H groups in total. The minimum Gasteiger partial charge on any atom is -0.462 e. The average molecular weight is 801 g/mol. The molecule has 0 unspecified atom stereocenters. The van der Waals surface area contributed by atoms with Crippen LogP contribution in [0.4, 0.5) is 0 Å². The third kappa shape index (κ3) is 44.6. The van der Waals surface area contributed by atoms with Crippen LogP contribution in [0.25, 0.3) is 0 Å². The van der Waals surface area contributed by atoms with Gasteiger partial charge in [0.25, 0.3) is 0 Å². The number of unbranched alkanes of at least 4 members (excludes halogenated alkanes) is 27. The fourth-order valence-corrected chi connectivity index (χ4v) is 6.99. The Morgan fingerprint density at radius 1 is 0.368 bits per heavy atom. The highest BCUT2D eigenvalue weighted by molar-refractivity contribution is 5.71. The Hall–Kier alpha value is -2.37. The predicted octanol–water partition coefficient (Wildman–Crippen LogP) is 15.8. The van der Waals surface area contributed by atoms with E-state index in [9.17, 15) is 14.4 Å². The zero-order valence-electron chi connectivity index (χ0n) is 37.9. The van der Waals surface area contributed by atoms with Gasteiger partial charge in [0, 0.05) is 19.3 Å². The molecular weight excluding hydrogens is 709 g/mol. The highest BCUT2D eigenvalue weighted by Gasteiger charge is 2.19. The number of carbonyl (C=O) groups excluding carboxylic acids is 3. The Kier molecular flexibility index (Phi) is 44.4. The van der Waals surface area contributed by atoms with E-state index in [1.54, 1.807) is 0 Å². The van der Waals surface area contributed by atoms with E-state index in [1.165, 1.54) is 116 Å². The monoisotopic (exact) mass is 801 g/mol. The van der Waals surface area contributed by atoms with Crippen molar-refractivity contribution in [3.8, 4) is 0 Å². The number of hydrogen-bond donors (Lipinski definition) is 0. The zero-order valence-corrected chi connectivity index (χ0v) is 37.9. The summed E-state index contributed by atoms with van der Waals surface area (Å²) in [7, 11) is 0. The molecule has 0 fully saturated rings. The fourth-order valence-electron chi connectivity index (χ4n) is 6.99. The van der Waals surface area contributed by atoms with Crippen LogP contribution in [0.3, 0.4) is 0 Å². The van der Waals surface area contributed by atoms with Crippen LogP contribution in [-0.4, -0.2) is 37.2 Å². The van der Waals surface area contributed by atoms with Crippen LogP contribution in [0.2, 0.25) is 0 Å². The van der Waals surface area contributed by atoms with Gasteiger partial charge in [-0.15, -0.1) is 0 Å². The molecule has 0 aromatic carbocycles. The van der Waals surface area contributed by atoms with E-state index >= 15 is 0 Å². The molecule has 6 heteroatoms. The molecule has 0 aromatic rings. The quantitative estimate of drug-likeness (QED) is 0.0264. The molecule has 0 spiro atoms. The molecule has 0 saturated heterocycles. The van der Waals surface area contributed by atoms with Gasteiger partial charge >= 0.3 is 17.9 Å². The first-order valence-corrected chi connectivity index (χ1v) is 24.5. The van der Waals surface area contributed by atoms with Crippen molar-refractivity contribution in [1.29, 1.82) is 0 Å². The average Bonchev–Trinajstić information content (AvgIpc) is 3.21. The van der Waals surface area contributed by atoms with Crippen LogP contribution < -0.4 is 0 Å². The fraction of sp³-hybridized carbons (Fsp3) is 0.824. The van der Waals surface area contributed by atoms with E-state index < -0.39 is 6.10 Å². The zero-order chi connectivity index (χ0) is 41.5. The van der Waals surface area contributed by atoms with Gasteiger partial charge in [-0.1, -0.05) is 218 Å². The molecule has 0 rings (SSSR count). The Bertz CT molecular complexity index is 969. The van der Waals surface area contributed by atoms with E-state index in [0.717, 1.165) is 96.3 Å². The smallest absolute Gasteiger partial charge is 0.306 e. The number of carbonyl (C=O) groups is 3. The Balaban J connectivity index is 4.36. The van der Waals surface area contributed by atoms with Crippen LogP contribution in [0.1, 0.15) is 252 Å². The van der Waals surface area contributed by atoms with Crippen molar-refractivity contribution in [3.05, 3.63) is 36.5 Å². The van der Waals surface area contributed by atoms with Gasteiger partial charge < -0.3 is 14.2 Å². The summed E-state index contributed by atoms with van der Waals surface area (Å²) in [4.78, 5) is 37.8. The van der Waals surface area contributed by atoms with Crippen molar-refractivity contribution in [2.75, 3.05) is 13.2 Å². The van der Waals surface area contributed by atoms with E-state index in [4.69, 9.17) is 14.2 Å². The van der Waals surface area contributed by atoms with Crippen LogP contribution >= 0.6 is 0 Å². The van der Waals surface area contributed by atoms with Gasteiger partial charge in [-0.2, -0.15) is 0 Å². The number of ether oxygens (including phenoxy) is 3. The predicted molar refractivity (Wildman–Crippen MR) is 242 cm³/mol. The lowest BCUT2D eigenvalue weighted by atomic mass is 10.0. The molecule has 332 valence electrons. The summed E-state index contributed by atoms with van der Waals surface area (Å²) in [5.41, 5.74) is 0. The highest BCUT2D eigenvalue weighted by Crippen LogP contribution is 2.15. The van der Waals surface area contributed by atoms with E-state index in [2.05, 4.69) is 57.2 Å². The summed E-state index contributed by atoms with van der Waals surface area (Å²) in [5, 5.41) is 0. The molecule has 0 bridgehead atoms. The van der Waals surface area contributed by atoms with Crippen molar-refractivity contribution in [2.45, 2.75) is 258 Å². The Labute approximate surface area is 353 Å².